The predicted molar refractivity (Wildman–Crippen MR) is 68.0 cm³/mol. The van der Waals surface area contributed by atoms with Gasteiger partial charge in [-0.2, -0.15) is 0 Å². The smallest absolute Gasteiger partial charge is 0.155 e. The normalized spacial score (nSPS) is 19.2. The summed E-state index contributed by atoms with van der Waals surface area (Å²) >= 11 is 8.02. The van der Waals surface area contributed by atoms with Crippen molar-refractivity contribution in [1.29, 1.82) is 0 Å². The third kappa shape index (κ3) is 2.11. The van der Waals surface area contributed by atoms with Gasteiger partial charge in [0.05, 0.1) is 12.0 Å². The van der Waals surface area contributed by atoms with Crippen molar-refractivity contribution >= 4 is 23.4 Å². The van der Waals surface area contributed by atoms with Crippen molar-refractivity contribution in [3.05, 3.63) is 17.2 Å². The van der Waals surface area contributed by atoms with Gasteiger partial charge in [0.15, 0.2) is 5.75 Å². The predicted octanol–water partition coefficient (Wildman–Crippen LogP) is 3.86. The van der Waals surface area contributed by atoms with Gasteiger partial charge in [0.2, 0.25) is 0 Å². The lowest BCUT2D eigenvalue weighted by Crippen LogP contribution is -2.24. The minimum Gasteiger partial charge on any atom is -0.495 e. The van der Waals surface area contributed by atoms with Crippen LogP contribution in [0.5, 0.6) is 11.5 Å². The fourth-order valence-electron chi connectivity index (χ4n) is 1.60. The minimum atomic E-state index is 0.497. The van der Waals surface area contributed by atoms with E-state index >= 15 is 0 Å². The summed E-state index contributed by atoms with van der Waals surface area (Å²) < 4.78 is 10.9. The Morgan fingerprint density at radius 2 is 2.25 bits per heavy atom. The van der Waals surface area contributed by atoms with Crippen molar-refractivity contribution in [3.63, 3.8) is 0 Å². The van der Waals surface area contributed by atoms with E-state index in [4.69, 9.17) is 21.1 Å². The highest BCUT2D eigenvalue weighted by atomic mass is 35.5. The first kappa shape index (κ1) is 11.9. The van der Waals surface area contributed by atoms with Gasteiger partial charge in [-0.1, -0.05) is 25.4 Å². The summed E-state index contributed by atoms with van der Waals surface area (Å²) in [6.45, 7) is 5.12. The molecule has 0 aromatic heterocycles. The summed E-state index contributed by atoms with van der Waals surface area (Å²) in [5, 5.41) is 1.08. The van der Waals surface area contributed by atoms with Crippen LogP contribution in [0.4, 0.5) is 0 Å². The van der Waals surface area contributed by atoms with Crippen molar-refractivity contribution in [2.75, 3.05) is 13.7 Å². The van der Waals surface area contributed by atoms with Gasteiger partial charge in [-0.25, -0.2) is 0 Å². The van der Waals surface area contributed by atoms with Crippen LogP contribution in [0.25, 0.3) is 0 Å². The zero-order valence-electron chi connectivity index (χ0n) is 9.62. The van der Waals surface area contributed by atoms with E-state index in [0.29, 0.717) is 28.5 Å². The lowest BCUT2D eigenvalue weighted by Gasteiger charge is -2.28. The molecule has 0 fully saturated rings. The number of rotatable bonds is 2. The van der Waals surface area contributed by atoms with E-state index in [9.17, 15) is 0 Å². The standard InChI is InChI=1S/C12H15ClO2S/c1-7(2)10-6-15-12-9(16-10)5-4-8(14-3)11(12)13/h4-5,7,10H,6H2,1-3H3. The highest BCUT2D eigenvalue weighted by molar-refractivity contribution is 8.00. The van der Waals surface area contributed by atoms with E-state index < -0.39 is 0 Å². The third-order valence-electron chi connectivity index (χ3n) is 2.66. The van der Waals surface area contributed by atoms with Crippen LogP contribution in [-0.4, -0.2) is 19.0 Å². The largest absolute Gasteiger partial charge is 0.495 e. The Bertz CT molecular complexity index is 393. The Morgan fingerprint density at radius 1 is 1.50 bits per heavy atom. The molecular weight excluding hydrogens is 244 g/mol. The molecule has 0 radical (unpaired) electrons. The molecule has 0 amide bonds. The summed E-state index contributed by atoms with van der Waals surface area (Å²) in [4.78, 5) is 1.11. The number of methoxy groups -OCH3 is 1. The average molecular weight is 259 g/mol. The molecule has 1 heterocycles. The molecule has 0 aliphatic carbocycles. The first-order chi connectivity index (χ1) is 7.63. The number of benzene rings is 1. The molecule has 2 nitrogen and oxygen atoms in total. The van der Waals surface area contributed by atoms with Gasteiger partial charge in [-0.3, -0.25) is 0 Å². The molecule has 1 atom stereocenters. The molecule has 0 saturated heterocycles. The van der Waals surface area contributed by atoms with Gasteiger partial charge in [0.1, 0.15) is 17.4 Å². The fourth-order valence-corrected chi connectivity index (χ4v) is 3.10. The number of thioether (sulfide) groups is 1. The summed E-state index contributed by atoms with van der Waals surface area (Å²) in [5.41, 5.74) is 0. The van der Waals surface area contributed by atoms with Gasteiger partial charge in [-0.05, 0) is 18.1 Å². The number of fused-ring (bicyclic) bond motifs is 1. The van der Waals surface area contributed by atoms with Crippen molar-refractivity contribution < 1.29 is 9.47 Å². The van der Waals surface area contributed by atoms with E-state index in [-0.39, 0.29) is 0 Å². The molecule has 0 bridgehead atoms. The zero-order chi connectivity index (χ0) is 11.7. The first-order valence-electron chi connectivity index (χ1n) is 5.29. The second-order valence-corrected chi connectivity index (χ2v) is 5.78. The Hall–Kier alpha value is -0.540. The molecule has 1 aliphatic rings. The van der Waals surface area contributed by atoms with Crippen LogP contribution < -0.4 is 9.47 Å². The number of ether oxygens (including phenoxy) is 2. The number of hydrogen-bond acceptors (Lipinski definition) is 3. The van der Waals surface area contributed by atoms with Crippen molar-refractivity contribution in [1.82, 2.24) is 0 Å². The van der Waals surface area contributed by atoms with Gasteiger partial charge < -0.3 is 9.47 Å². The van der Waals surface area contributed by atoms with Crippen molar-refractivity contribution in [2.45, 2.75) is 24.0 Å². The first-order valence-corrected chi connectivity index (χ1v) is 6.55. The molecule has 0 spiro atoms. The second-order valence-electron chi connectivity index (χ2n) is 4.12. The highest BCUT2D eigenvalue weighted by Gasteiger charge is 2.26. The van der Waals surface area contributed by atoms with Crippen LogP contribution in [0, 0.1) is 5.92 Å². The van der Waals surface area contributed by atoms with Gasteiger partial charge in [0, 0.05) is 5.25 Å². The van der Waals surface area contributed by atoms with Crippen molar-refractivity contribution in [2.24, 2.45) is 5.92 Å². The van der Waals surface area contributed by atoms with E-state index in [1.54, 1.807) is 7.11 Å². The maximum absolute atomic E-state index is 6.19. The average Bonchev–Trinajstić information content (AvgIpc) is 2.29. The monoisotopic (exact) mass is 258 g/mol. The van der Waals surface area contributed by atoms with E-state index in [1.165, 1.54) is 0 Å². The molecule has 1 aromatic carbocycles. The number of hydrogen-bond donors (Lipinski definition) is 0. The fraction of sp³-hybridized carbons (Fsp3) is 0.500. The highest BCUT2D eigenvalue weighted by Crippen LogP contribution is 2.46. The quantitative estimate of drug-likeness (QED) is 0.803. The molecule has 1 aromatic rings. The van der Waals surface area contributed by atoms with Crippen LogP contribution in [0.1, 0.15) is 13.8 Å². The molecule has 1 unspecified atom stereocenters. The lowest BCUT2D eigenvalue weighted by atomic mass is 10.1. The summed E-state index contributed by atoms with van der Waals surface area (Å²) in [5.74, 6) is 2.03. The Morgan fingerprint density at radius 3 is 2.88 bits per heavy atom. The van der Waals surface area contributed by atoms with Gasteiger partial charge in [-0.15, -0.1) is 11.8 Å². The van der Waals surface area contributed by atoms with Gasteiger partial charge >= 0.3 is 0 Å². The molecule has 0 N–H and O–H groups in total. The van der Waals surface area contributed by atoms with Gasteiger partial charge in [0.25, 0.3) is 0 Å². The summed E-state index contributed by atoms with van der Waals surface area (Å²) in [6.07, 6.45) is 0. The van der Waals surface area contributed by atoms with Crippen LogP contribution in [0.3, 0.4) is 0 Å². The van der Waals surface area contributed by atoms with Crippen LogP contribution in [-0.2, 0) is 0 Å². The zero-order valence-corrected chi connectivity index (χ0v) is 11.2. The lowest BCUT2D eigenvalue weighted by molar-refractivity contribution is 0.280. The minimum absolute atomic E-state index is 0.497. The molecule has 0 saturated carbocycles. The third-order valence-corrected chi connectivity index (χ3v) is 4.58. The van der Waals surface area contributed by atoms with E-state index in [2.05, 4.69) is 13.8 Å². The molecule has 2 rings (SSSR count). The molecule has 88 valence electrons. The van der Waals surface area contributed by atoms with Crippen LogP contribution >= 0.6 is 23.4 Å². The summed E-state index contributed by atoms with van der Waals surface area (Å²) in [7, 11) is 1.61. The topological polar surface area (TPSA) is 18.5 Å². The maximum atomic E-state index is 6.19. The summed E-state index contributed by atoms with van der Waals surface area (Å²) in [6, 6.07) is 3.90. The van der Waals surface area contributed by atoms with Crippen LogP contribution in [0.15, 0.2) is 17.0 Å². The van der Waals surface area contributed by atoms with Crippen molar-refractivity contribution in [3.8, 4) is 11.5 Å². The van der Waals surface area contributed by atoms with E-state index in [0.717, 1.165) is 10.6 Å². The second kappa shape index (κ2) is 4.76. The maximum Gasteiger partial charge on any atom is 0.155 e. The Balaban J connectivity index is 2.31. The SMILES string of the molecule is COc1ccc2c(c1Cl)OCC(C(C)C)S2. The molecule has 4 heteroatoms. The molecular formula is C12H15ClO2S. The Kier molecular flexibility index (Phi) is 3.55. The molecule has 1 aliphatic heterocycles. The van der Waals surface area contributed by atoms with E-state index in [1.807, 2.05) is 23.9 Å². The van der Waals surface area contributed by atoms with Crippen LogP contribution in [0.2, 0.25) is 5.02 Å². The number of halogens is 1. The molecule has 16 heavy (non-hydrogen) atoms. The Labute approximate surface area is 105 Å².